The predicted molar refractivity (Wildman–Crippen MR) is 61.6 cm³/mol. The Hall–Kier alpha value is -1.19. The van der Waals surface area contributed by atoms with Crippen molar-refractivity contribution in [3.63, 3.8) is 0 Å². The lowest BCUT2D eigenvalue weighted by Crippen LogP contribution is -2.33. The summed E-state index contributed by atoms with van der Waals surface area (Å²) >= 11 is 0. The van der Waals surface area contributed by atoms with E-state index < -0.39 is 5.95 Å². The van der Waals surface area contributed by atoms with Crippen molar-refractivity contribution in [1.82, 2.24) is 9.97 Å². The molecule has 0 aromatic carbocycles. The van der Waals surface area contributed by atoms with E-state index >= 15 is 0 Å². The van der Waals surface area contributed by atoms with Crippen LogP contribution in [0.5, 0.6) is 0 Å². The predicted octanol–water partition coefficient (Wildman–Crippen LogP) is 2.85. The molecule has 0 aliphatic heterocycles. The molecule has 1 aromatic rings. The first-order valence-electron chi connectivity index (χ1n) is 5.89. The lowest BCUT2D eigenvalue weighted by Gasteiger charge is -2.33. The van der Waals surface area contributed by atoms with E-state index in [1.807, 2.05) is 0 Å². The summed E-state index contributed by atoms with van der Waals surface area (Å²) in [6.07, 6.45) is 4.85. The van der Waals surface area contributed by atoms with Crippen LogP contribution < -0.4 is 5.32 Å². The molecule has 4 heteroatoms. The minimum absolute atomic E-state index is 0.408. The molecule has 1 N–H and O–H groups in total. The van der Waals surface area contributed by atoms with Crippen molar-refractivity contribution in [2.24, 2.45) is 11.8 Å². The summed E-state index contributed by atoms with van der Waals surface area (Å²) in [6, 6.07) is 1.76. The van der Waals surface area contributed by atoms with Crippen LogP contribution in [0.1, 0.15) is 33.1 Å². The molecule has 3 nitrogen and oxygen atoms in total. The molecular weight excluding hydrogens is 205 g/mol. The number of aromatic nitrogens is 2. The normalized spacial score (nSPS) is 30.1. The number of anilines is 1. The molecule has 3 unspecified atom stereocenters. The molecule has 0 bridgehead atoms. The van der Waals surface area contributed by atoms with Gasteiger partial charge in [0, 0.05) is 12.1 Å². The van der Waals surface area contributed by atoms with Gasteiger partial charge in [-0.05, 0) is 31.1 Å². The average Bonchev–Trinajstić information content (AvgIpc) is 2.22. The number of halogens is 1. The van der Waals surface area contributed by atoms with E-state index in [1.54, 1.807) is 0 Å². The zero-order valence-corrected chi connectivity index (χ0v) is 9.78. The van der Waals surface area contributed by atoms with Crippen molar-refractivity contribution in [2.75, 3.05) is 5.32 Å². The van der Waals surface area contributed by atoms with Crippen LogP contribution in [0.3, 0.4) is 0 Å². The molecule has 1 aliphatic rings. The lowest BCUT2D eigenvalue weighted by atomic mass is 9.80. The summed E-state index contributed by atoms with van der Waals surface area (Å²) in [5.74, 6) is 1.53. The fraction of sp³-hybridized carbons (Fsp3) is 0.667. The summed E-state index contributed by atoms with van der Waals surface area (Å²) < 4.78 is 12.9. The van der Waals surface area contributed by atoms with Gasteiger partial charge in [0.1, 0.15) is 12.1 Å². The van der Waals surface area contributed by atoms with E-state index in [0.717, 1.165) is 12.3 Å². The third-order valence-corrected chi connectivity index (χ3v) is 3.40. The van der Waals surface area contributed by atoms with Gasteiger partial charge in [-0.25, -0.2) is 9.97 Å². The van der Waals surface area contributed by atoms with Crippen LogP contribution in [0.15, 0.2) is 12.4 Å². The summed E-state index contributed by atoms with van der Waals surface area (Å²) in [6.45, 7) is 4.53. The maximum absolute atomic E-state index is 12.9. The van der Waals surface area contributed by atoms with Gasteiger partial charge in [0.15, 0.2) is 0 Å². The first-order chi connectivity index (χ1) is 7.65. The van der Waals surface area contributed by atoms with E-state index in [9.17, 15) is 4.39 Å². The largest absolute Gasteiger partial charge is 0.367 e. The average molecular weight is 223 g/mol. The van der Waals surface area contributed by atoms with Gasteiger partial charge in [-0.15, -0.1) is 0 Å². The van der Waals surface area contributed by atoms with Crippen molar-refractivity contribution in [3.05, 3.63) is 18.3 Å². The number of hydrogen-bond acceptors (Lipinski definition) is 3. The summed E-state index contributed by atoms with van der Waals surface area (Å²) in [5.41, 5.74) is 0. The van der Waals surface area contributed by atoms with E-state index in [1.165, 1.54) is 25.2 Å². The quantitative estimate of drug-likeness (QED) is 0.783. The molecule has 1 aliphatic carbocycles. The van der Waals surface area contributed by atoms with Crippen molar-refractivity contribution >= 4 is 5.82 Å². The molecule has 2 rings (SSSR count). The van der Waals surface area contributed by atoms with Crippen LogP contribution in [0.4, 0.5) is 10.2 Å². The van der Waals surface area contributed by atoms with E-state index in [4.69, 9.17) is 0 Å². The van der Waals surface area contributed by atoms with E-state index in [2.05, 4.69) is 29.1 Å². The van der Waals surface area contributed by atoms with Crippen LogP contribution in [0.2, 0.25) is 0 Å². The molecule has 0 radical (unpaired) electrons. The van der Waals surface area contributed by atoms with Crippen LogP contribution >= 0.6 is 0 Å². The molecule has 1 aromatic heterocycles. The second-order valence-corrected chi connectivity index (χ2v) is 4.87. The third-order valence-electron chi connectivity index (χ3n) is 3.40. The summed E-state index contributed by atoms with van der Waals surface area (Å²) in [7, 11) is 0. The highest BCUT2D eigenvalue weighted by Gasteiger charge is 2.25. The van der Waals surface area contributed by atoms with Crippen molar-refractivity contribution in [2.45, 2.75) is 39.2 Å². The topological polar surface area (TPSA) is 37.8 Å². The Kier molecular flexibility index (Phi) is 3.36. The Bertz CT molecular complexity index is 356. The van der Waals surface area contributed by atoms with Gasteiger partial charge in [0.25, 0.3) is 0 Å². The molecule has 0 amide bonds. The zero-order valence-electron chi connectivity index (χ0n) is 9.78. The second-order valence-electron chi connectivity index (χ2n) is 4.87. The SMILES string of the molecule is CC1CCC(Nc2cc(F)ncn2)C(C)C1. The molecule has 1 heterocycles. The number of nitrogens with one attached hydrogen (secondary N) is 1. The van der Waals surface area contributed by atoms with Crippen LogP contribution in [-0.4, -0.2) is 16.0 Å². The standard InChI is InChI=1S/C12H18FN3/c1-8-3-4-10(9(2)5-8)16-12-6-11(13)14-7-15-12/h6-10H,3-5H2,1-2H3,(H,14,15,16). The smallest absolute Gasteiger partial charge is 0.217 e. The van der Waals surface area contributed by atoms with Crippen LogP contribution in [-0.2, 0) is 0 Å². The fourth-order valence-corrected chi connectivity index (χ4v) is 2.48. The summed E-state index contributed by atoms with van der Waals surface area (Å²) in [5, 5.41) is 3.30. The van der Waals surface area contributed by atoms with Crippen molar-refractivity contribution in [1.29, 1.82) is 0 Å². The van der Waals surface area contributed by atoms with Crippen LogP contribution in [0, 0.1) is 17.8 Å². The molecule has 1 fully saturated rings. The highest BCUT2D eigenvalue weighted by Crippen LogP contribution is 2.30. The molecule has 88 valence electrons. The van der Waals surface area contributed by atoms with Gasteiger partial charge in [0.05, 0.1) is 0 Å². The van der Waals surface area contributed by atoms with Gasteiger partial charge < -0.3 is 5.32 Å². The Morgan fingerprint density at radius 2 is 2.12 bits per heavy atom. The van der Waals surface area contributed by atoms with E-state index in [0.29, 0.717) is 17.8 Å². The number of hydrogen-bond donors (Lipinski definition) is 1. The zero-order chi connectivity index (χ0) is 11.5. The highest BCUT2D eigenvalue weighted by atomic mass is 19.1. The number of rotatable bonds is 2. The fourth-order valence-electron chi connectivity index (χ4n) is 2.48. The Morgan fingerprint density at radius 1 is 1.31 bits per heavy atom. The van der Waals surface area contributed by atoms with Gasteiger partial charge in [-0.2, -0.15) is 4.39 Å². The molecular formula is C12H18FN3. The third kappa shape index (κ3) is 2.68. The Balaban J connectivity index is 1.99. The molecule has 1 saturated carbocycles. The molecule has 0 saturated heterocycles. The van der Waals surface area contributed by atoms with Gasteiger partial charge in [-0.1, -0.05) is 13.8 Å². The molecule has 16 heavy (non-hydrogen) atoms. The lowest BCUT2D eigenvalue weighted by molar-refractivity contribution is 0.276. The van der Waals surface area contributed by atoms with Crippen molar-refractivity contribution < 1.29 is 4.39 Å². The maximum Gasteiger partial charge on any atom is 0.217 e. The number of nitrogens with zero attached hydrogens (tertiary/aromatic N) is 2. The Morgan fingerprint density at radius 3 is 2.81 bits per heavy atom. The van der Waals surface area contributed by atoms with Crippen LogP contribution in [0.25, 0.3) is 0 Å². The monoisotopic (exact) mass is 223 g/mol. The van der Waals surface area contributed by atoms with Gasteiger partial charge in [-0.3, -0.25) is 0 Å². The first kappa shape index (κ1) is 11.3. The van der Waals surface area contributed by atoms with Gasteiger partial charge >= 0.3 is 0 Å². The Labute approximate surface area is 95.5 Å². The second kappa shape index (κ2) is 4.76. The minimum Gasteiger partial charge on any atom is -0.367 e. The highest BCUT2D eigenvalue weighted by molar-refractivity contribution is 5.33. The molecule has 3 atom stereocenters. The minimum atomic E-state index is -0.477. The molecule has 0 spiro atoms. The summed E-state index contributed by atoms with van der Waals surface area (Å²) in [4.78, 5) is 7.47. The van der Waals surface area contributed by atoms with E-state index in [-0.39, 0.29) is 0 Å². The first-order valence-corrected chi connectivity index (χ1v) is 5.89. The van der Waals surface area contributed by atoms with Gasteiger partial charge in [0.2, 0.25) is 5.95 Å². The maximum atomic E-state index is 12.9. The van der Waals surface area contributed by atoms with Crippen molar-refractivity contribution in [3.8, 4) is 0 Å².